The van der Waals surface area contributed by atoms with E-state index in [4.69, 9.17) is 4.74 Å². The van der Waals surface area contributed by atoms with Crippen LogP contribution in [0.5, 0.6) is 11.5 Å². The van der Waals surface area contributed by atoms with Gasteiger partial charge in [-0.15, -0.1) is 11.3 Å². The van der Waals surface area contributed by atoms with Gasteiger partial charge >= 0.3 is 0 Å². The Balaban J connectivity index is 1.84. The molecule has 1 aromatic heterocycles. The first-order valence-corrected chi connectivity index (χ1v) is 6.68. The summed E-state index contributed by atoms with van der Waals surface area (Å²) in [5, 5.41) is 12.7. The molecule has 2 aromatic carbocycles. The Bertz CT molecular complexity index is 704. The highest BCUT2D eigenvalue weighted by atomic mass is 32.1. The molecule has 0 bridgehead atoms. The molecule has 0 aliphatic carbocycles. The minimum atomic E-state index is -0.286. The lowest BCUT2D eigenvalue weighted by atomic mass is 10.1. The van der Waals surface area contributed by atoms with E-state index in [2.05, 4.69) is 0 Å². The molecule has 0 saturated carbocycles. The number of phenols is 1. The number of halogens is 1. The van der Waals surface area contributed by atoms with Crippen molar-refractivity contribution in [3.8, 4) is 11.5 Å². The highest BCUT2D eigenvalue weighted by Gasteiger charge is 2.08. The Labute approximate surface area is 113 Å². The number of fused-ring (bicyclic) bond motifs is 1. The number of hydrogen-bond donors (Lipinski definition) is 1. The highest BCUT2D eigenvalue weighted by molar-refractivity contribution is 7.17. The normalized spacial score (nSPS) is 10.8. The monoisotopic (exact) mass is 274 g/mol. The van der Waals surface area contributed by atoms with Crippen molar-refractivity contribution in [1.29, 1.82) is 0 Å². The smallest absolute Gasteiger partial charge is 0.124 e. The lowest BCUT2D eigenvalue weighted by Crippen LogP contribution is -1.94. The van der Waals surface area contributed by atoms with Gasteiger partial charge in [-0.1, -0.05) is 6.07 Å². The first-order chi connectivity index (χ1) is 9.24. The summed E-state index contributed by atoms with van der Waals surface area (Å²) in [6, 6.07) is 11.3. The second kappa shape index (κ2) is 4.90. The summed E-state index contributed by atoms with van der Waals surface area (Å²) >= 11 is 1.57. The molecule has 3 aromatic rings. The van der Waals surface area contributed by atoms with Crippen LogP contribution in [0.25, 0.3) is 10.1 Å². The Kier molecular flexibility index (Phi) is 3.09. The van der Waals surface area contributed by atoms with E-state index < -0.39 is 0 Å². The molecule has 0 aliphatic rings. The molecule has 2 nitrogen and oxygen atoms in total. The van der Waals surface area contributed by atoms with Gasteiger partial charge in [0.1, 0.15) is 23.9 Å². The van der Waals surface area contributed by atoms with Gasteiger partial charge in [0.05, 0.1) is 0 Å². The minimum absolute atomic E-state index is 0.261. The Morgan fingerprint density at radius 2 is 1.89 bits per heavy atom. The van der Waals surface area contributed by atoms with Gasteiger partial charge in [-0.05, 0) is 41.8 Å². The van der Waals surface area contributed by atoms with Crippen LogP contribution in [0.1, 0.15) is 5.56 Å². The fourth-order valence-corrected chi connectivity index (χ4v) is 2.90. The molecule has 19 heavy (non-hydrogen) atoms. The molecule has 0 fully saturated rings. The first-order valence-electron chi connectivity index (χ1n) is 5.80. The van der Waals surface area contributed by atoms with Gasteiger partial charge in [0, 0.05) is 15.6 Å². The topological polar surface area (TPSA) is 29.5 Å². The minimum Gasteiger partial charge on any atom is -0.507 e. The van der Waals surface area contributed by atoms with E-state index in [0.717, 1.165) is 15.6 Å². The highest BCUT2D eigenvalue weighted by Crippen LogP contribution is 2.33. The van der Waals surface area contributed by atoms with Crippen LogP contribution in [0.3, 0.4) is 0 Å². The number of hydrogen-bond acceptors (Lipinski definition) is 3. The van der Waals surface area contributed by atoms with Crippen molar-refractivity contribution in [3.63, 3.8) is 0 Å². The molecular formula is C15H11FO2S. The lowest BCUT2D eigenvalue weighted by molar-refractivity contribution is 0.307. The van der Waals surface area contributed by atoms with Gasteiger partial charge in [-0.25, -0.2) is 4.39 Å². The van der Waals surface area contributed by atoms with Crippen LogP contribution in [0.4, 0.5) is 4.39 Å². The summed E-state index contributed by atoms with van der Waals surface area (Å²) in [7, 11) is 0. The van der Waals surface area contributed by atoms with Gasteiger partial charge in [-0.3, -0.25) is 0 Å². The van der Waals surface area contributed by atoms with Crippen molar-refractivity contribution in [2.75, 3.05) is 0 Å². The Hall–Kier alpha value is -2.07. The zero-order chi connectivity index (χ0) is 13.2. The van der Waals surface area contributed by atoms with Gasteiger partial charge in [-0.2, -0.15) is 0 Å². The van der Waals surface area contributed by atoms with Crippen LogP contribution in [0.2, 0.25) is 0 Å². The van der Waals surface area contributed by atoms with Crippen molar-refractivity contribution < 1.29 is 14.2 Å². The third kappa shape index (κ3) is 2.39. The molecule has 0 saturated heterocycles. The number of ether oxygens (including phenoxy) is 1. The zero-order valence-electron chi connectivity index (χ0n) is 9.97. The van der Waals surface area contributed by atoms with Crippen molar-refractivity contribution in [3.05, 3.63) is 59.2 Å². The van der Waals surface area contributed by atoms with E-state index in [0.29, 0.717) is 12.4 Å². The fraction of sp³-hybridized carbons (Fsp3) is 0.0667. The van der Waals surface area contributed by atoms with Crippen molar-refractivity contribution >= 4 is 21.4 Å². The van der Waals surface area contributed by atoms with Crippen LogP contribution >= 0.6 is 11.3 Å². The summed E-state index contributed by atoms with van der Waals surface area (Å²) < 4.78 is 19.4. The molecule has 0 atom stereocenters. The van der Waals surface area contributed by atoms with Crippen LogP contribution in [0, 0.1) is 5.82 Å². The second-order valence-corrected chi connectivity index (χ2v) is 5.07. The van der Waals surface area contributed by atoms with E-state index in [9.17, 15) is 9.50 Å². The second-order valence-electron chi connectivity index (χ2n) is 4.15. The molecule has 1 heterocycles. The maximum Gasteiger partial charge on any atom is 0.124 e. The van der Waals surface area contributed by atoms with Crippen LogP contribution in [0.15, 0.2) is 47.8 Å². The van der Waals surface area contributed by atoms with E-state index in [-0.39, 0.29) is 11.6 Å². The molecule has 0 radical (unpaired) electrons. The van der Waals surface area contributed by atoms with Crippen molar-refractivity contribution in [2.24, 2.45) is 0 Å². The number of rotatable bonds is 3. The molecule has 0 aliphatic heterocycles. The maximum atomic E-state index is 12.8. The first kappa shape index (κ1) is 12.0. The predicted molar refractivity (Wildman–Crippen MR) is 74.2 cm³/mol. The SMILES string of the molecule is Oc1cccc2scc(COc3ccc(F)cc3)c12. The molecule has 0 unspecified atom stereocenters. The maximum absolute atomic E-state index is 12.8. The van der Waals surface area contributed by atoms with E-state index in [1.165, 1.54) is 12.1 Å². The lowest BCUT2D eigenvalue weighted by Gasteiger charge is -2.06. The standard InChI is InChI=1S/C15H11FO2S/c16-11-4-6-12(7-5-11)18-8-10-9-19-14-3-1-2-13(17)15(10)14/h1-7,9,17H,8H2. The number of thiophene rings is 1. The molecule has 96 valence electrons. The summed E-state index contributed by atoms with van der Waals surface area (Å²) in [5.74, 6) is 0.582. The summed E-state index contributed by atoms with van der Waals surface area (Å²) in [5.41, 5.74) is 0.933. The molecule has 0 spiro atoms. The van der Waals surface area contributed by atoms with Gasteiger partial charge in [0.2, 0.25) is 0 Å². The third-order valence-electron chi connectivity index (χ3n) is 2.86. The quantitative estimate of drug-likeness (QED) is 0.770. The number of phenolic OH excluding ortho intramolecular Hbond substituents is 1. The zero-order valence-corrected chi connectivity index (χ0v) is 10.8. The predicted octanol–water partition coefficient (Wildman–Crippen LogP) is 4.33. The molecule has 4 heteroatoms. The Morgan fingerprint density at radius 3 is 2.68 bits per heavy atom. The van der Waals surface area contributed by atoms with Crippen LogP contribution in [-0.2, 0) is 6.61 Å². The average Bonchev–Trinajstić information content (AvgIpc) is 2.83. The van der Waals surface area contributed by atoms with Gasteiger partial charge in [0.15, 0.2) is 0 Å². The largest absolute Gasteiger partial charge is 0.507 e. The summed E-state index contributed by atoms with van der Waals surface area (Å²) in [6.45, 7) is 0.350. The van der Waals surface area contributed by atoms with Gasteiger partial charge < -0.3 is 9.84 Å². The fourth-order valence-electron chi connectivity index (χ4n) is 1.93. The number of aromatic hydroxyl groups is 1. The Morgan fingerprint density at radius 1 is 1.11 bits per heavy atom. The van der Waals surface area contributed by atoms with Crippen molar-refractivity contribution in [1.82, 2.24) is 0 Å². The number of benzene rings is 2. The van der Waals surface area contributed by atoms with Crippen LogP contribution in [-0.4, -0.2) is 5.11 Å². The molecule has 1 N–H and O–H groups in total. The van der Waals surface area contributed by atoms with Crippen molar-refractivity contribution in [2.45, 2.75) is 6.61 Å². The average molecular weight is 274 g/mol. The van der Waals surface area contributed by atoms with E-state index >= 15 is 0 Å². The third-order valence-corrected chi connectivity index (χ3v) is 3.86. The molecule has 0 amide bonds. The molecule has 3 rings (SSSR count). The molecular weight excluding hydrogens is 263 g/mol. The van der Waals surface area contributed by atoms with E-state index in [1.54, 1.807) is 29.5 Å². The van der Waals surface area contributed by atoms with E-state index in [1.807, 2.05) is 17.5 Å². The summed E-state index contributed by atoms with van der Waals surface area (Å²) in [4.78, 5) is 0. The summed E-state index contributed by atoms with van der Waals surface area (Å²) in [6.07, 6.45) is 0. The van der Waals surface area contributed by atoms with Crippen LogP contribution < -0.4 is 4.74 Å². The van der Waals surface area contributed by atoms with Gasteiger partial charge in [0.25, 0.3) is 0 Å².